The van der Waals surface area contributed by atoms with Crippen molar-refractivity contribution in [1.82, 2.24) is 15.0 Å². The lowest BCUT2D eigenvalue weighted by Gasteiger charge is -1.98. The largest absolute Gasteiger partial charge is 0.396 e. The van der Waals surface area contributed by atoms with Crippen LogP contribution in [0.5, 0.6) is 0 Å². The first-order chi connectivity index (χ1) is 6.75. The van der Waals surface area contributed by atoms with Gasteiger partial charge in [0.15, 0.2) is 5.82 Å². The Labute approximate surface area is 89.4 Å². The minimum Gasteiger partial charge on any atom is -0.396 e. The zero-order valence-electron chi connectivity index (χ0n) is 7.18. The number of rotatable bonds is 1. The van der Waals surface area contributed by atoms with Crippen molar-refractivity contribution >= 4 is 21.6 Å². The van der Waals surface area contributed by atoms with Crippen molar-refractivity contribution in [3.63, 3.8) is 0 Å². The van der Waals surface area contributed by atoms with Gasteiger partial charge in [0.25, 0.3) is 0 Å². The van der Waals surface area contributed by atoms with Crippen LogP contribution in [0.4, 0.5) is 5.69 Å². The fraction of sp³-hybridized carbons (Fsp3) is 0. The number of hydrogen-bond acceptors (Lipinski definition) is 4. The van der Waals surface area contributed by atoms with Crippen molar-refractivity contribution in [2.45, 2.75) is 0 Å². The quantitative estimate of drug-likeness (QED) is 0.840. The molecule has 2 N–H and O–H groups in total. The number of nitrogen functional groups attached to an aromatic ring is 1. The SMILES string of the molecule is Nc1cnc(-c2ccc(Br)cn2)nc1. The molecular weight excluding hydrogens is 244 g/mol. The van der Waals surface area contributed by atoms with Gasteiger partial charge < -0.3 is 5.73 Å². The van der Waals surface area contributed by atoms with E-state index in [-0.39, 0.29) is 0 Å². The van der Waals surface area contributed by atoms with Crippen molar-refractivity contribution in [2.24, 2.45) is 0 Å². The summed E-state index contributed by atoms with van der Waals surface area (Å²) in [6.45, 7) is 0. The van der Waals surface area contributed by atoms with Crippen LogP contribution in [0.25, 0.3) is 11.5 Å². The zero-order valence-corrected chi connectivity index (χ0v) is 8.77. The van der Waals surface area contributed by atoms with Gasteiger partial charge in [0, 0.05) is 10.7 Å². The molecule has 0 radical (unpaired) electrons. The second-order valence-corrected chi connectivity index (χ2v) is 3.62. The van der Waals surface area contributed by atoms with Crippen LogP contribution in [-0.4, -0.2) is 15.0 Å². The summed E-state index contributed by atoms with van der Waals surface area (Å²) in [6.07, 6.45) is 4.83. The Balaban J connectivity index is 2.40. The molecule has 0 unspecified atom stereocenters. The minimum absolute atomic E-state index is 0.547. The third kappa shape index (κ3) is 1.88. The van der Waals surface area contributed by atoms with Crippen molar-refractivity contribution in [1.29, 1.82) is 0 Å². The number of anilines is 1. The molecule has 0 spiro atoms. The van der Waals surface area contributed by atoms with Gasteiger partial charge in [-0.1, -0.05) is 0 Å². The topological polar surface area (TPSA) is 64.7 Å². The van der Waals surface area contributed by atoms with Crippen LogP contribution in [0.15, 0.2) is 35.2 Å². The van der Waals surface area contributed by atoms with Crippen LogP contribution in [0, 0.1) is 0 Å². The number of aromatic nitrogens is 3. The van der Waals surface area contributed by atoms with Gasteiger partial charge in [-0.3, -0.25) is 4.98 Å². The van der Waals surface area contributed by atoms with Gasteiger partial charge in [0.2, 0.25) is 0 Å². The third-order valence-corrected chi connectivity index (χ3v) is 2.10. The van der Waals surface area contributed by atoms with Crippen molar-refractivity contribution in [2.75, 3.05) is 5.73 Å². The molecule has 0 aliphatic heterocycles. The summed E-state index contributed by atoms with van der Waals surface area (Å²) in [7, 11) is 0. The molecule has 4 nitrogen and oxygen atoms in total. The molecule has 0 saturated heterocycles. The summed E-state index contributed by atoms with van der Waals surface area (Å²) >= 11 is 3.31. The van der Waals surface area contributed by atoms with E-state index in [1.807, 2.05) is 12.1 Å². The van der Waals surface area contributed by atoms with Crippen LogP contribution in [0.3, 0.4) is 0 Å². The highest BCUT2D eigenvalue weighted by molar-refractivity contribution is 9.10. The minimum atomic E-state index is 0.547. The lowest BCUT2D eigenvalue weighted by Crippen LogP contribution is -1.93. The average molecular weight is 251 g/mol. The molecule has 5 heteroatoms. The van der Waals surface area contributed by atoms with Gasteiger partial charge in [-0.05, 0) is 28.1 Å². The van der Waals surface area contributed by atoms with E-state index in [2.05, 4.69) is 30.9 Å². The second-order valence-electron chi connectivity index (χ2n) is 2.70. The summed E-state index contributed by atoms with van der Waals surface area (Å²) in [5.74, 6) is 0.576. The van der Waals surface area contributed by atoms with Gasteiger partial charge in [0.1, 0.15) is 5.69 Å². The Morgan fingerprint density at radius 3 is 2.29 bits per heavy atom. The van der Waals surface area contributed by atoms with E-state index in [0.717, 1.165) is 10.2 Å². The van der Waals surface area contributed by atoms with E-state index < -0.39 is 0 Å². The maximum Gasteiger partial charge on any atom is 0.178 e. The average Bonchev–Trinajstić information content (AvgIpc) is 2.21. The Morgan fingerprint density at radius 1 is 1.00 bits per heavy atom. The Kier molecular flexibility index (Phi) is 2.41. The summed E-state index contributed by atoms with van der Waals surface area (Å²) in [5, 5.41) is 0. The van der Waals surface area contributed by atoms with Crippen molar-refractivity contribution < 1.29 is 0 Å². The number of hydrogen-bond donors (Lipinski definition) is 1. The van der Waals surface area contributed by atoms with Crippen molar-refractivity contribution in [3.05, 3.63) is 35.2 Å². The number of halogens is 1. The molecule has 70 valence electrons. The number of pyridine rings is 1. The zero-order chi connectivity index (χ0) is 9.97. The highest BCUT2D eigenvalue weighted by atomic mass is 79.9. The third-order valence-electron chi connectivity index (χ3n) is 1.63. The normalized spacial score (nSPS) is 10.1. The van der Waals surface area contributed by atoms with E-state index in [9.17, 15) is 0 Å². The Morgan fingerprint density at radius 2 is 1.71 bits per heavy atom. The van der Waals surface area contributed by atoms with Gasteiger partial charge in [-0.25, -0.2) is 9.97 Å². The molecule has 2 aromatic rings. The van der Waals surface area contributed by atoms with E-state index in [0.29, 0.717) is 11.5 Å². The molecule has 2 aromatic heterocycles. The first-order valence-electron chi connectivity index (χ1n) is 3.95. The molecule has 0 amide bonds. The van der Waals surface area contributed by atoms with Gasteiger partial charge in [0.05, 0.1) is 18.1 Å². The predicted molar refractivity (Wildman–Crippen MR) is 57.4 cm³/mol. The van der Waals surface area contributed by atoms with Gasteiger partial charge >= 0.3 is 0 Å². The maximum atomic E-state index is 5.48. The van der Waals surface area contributed by atoms with E-state index >= 15 is 0 Å². The highest BCUT2D eigenvalue weighted by Crippen LogP contribution is 2.14. The van der Waals surface area contributed by atoms with E-state index in [1.54, 1.807) is 18.6 Å². The fourth-order valence-corrected chi connectivity index (χ4v) is 1.21. The molecule has 2 rings (SSSR count). The number of nitrogens with zero attached hydrogens (tertiary/aromatic N) is 3. The van der Waals surface area contributed by atoms with Crippen molar-refractivity contribution in [3.8, 4) is 11.5 Å². The molecular formula is C9H7BrN4. The first kappa shape index (κ1) is 9.08. The van der Waals surface area contributed by atoms with E-state index in [4.69, 9.17) is 5.73 Å². The van der Waals surface area contributed by atoms with Crippen LogP contribution >= 0.6 is 15.9 Å². The van der Waals surface area contributed by atoms with Crippen LogP contribution < -0.4 is 5.73 Å². The molecule has 0 aromatic carbocycles. The monoisotopic (exact) mass is 250 g/mol. The second kappa shape index (κ2) is 3.71. The molecule has 0 saturated carbocycles. The molecule has 0 aliphatic rings. The molecule has 0 aliphatic carbocycles. The predicted octanol–water partition coefficient (Wildman–Crippen LogP) is 1.88. The van der Waals surface area contributed by atoms with Crippen LogP contribution in [-0.2, 0) is 0 Å². The standard InChI is InChI=1S/C9H7BrN4/c10-6-1-2-8(12-3-6)9-13-4-7(11)5-14-9/h1-5H,11H2. The summed E-state index contributed by atoms with van der Waals surface area (Å²) < 4.78 is 0.927. The summed E-state index contributed by atoms with van der Waals surface area (Å²) in [4.78, 5) is 12.3. The highest BCUT2D eigenvalue weighted by Gasteiger charge is 2.01. The summed E-state index contributed by atoms with van der Waals surface area (Å²) in [6, 6.07) is 3.73. The fourth-order valence-electron chi connectivity index (χ4n) is 0.978. The molecule has 0 fully saturated rings. The van der Waals surface area contributed by atoms with Crippen LogP contribution in [0.1, 0.15) is 0 Å². The summed E-state index contributed by atoms with van der Waals surface area (Å²) in [5.41, 5.74) is 6.75. The first-order valence-corrected chi connectivity index (χ1v) is 4.74. The van der Waals surface area contributed by atoms with E-state index in [1.165, 1.54) is 0 Å². The molecule has 0 bridgehead atoms. The molecule has 14 heavy (non-hydrogen) atoms. The lowest BCUT2D eigenvalue weighted by atomic mass is 10.3. The maximum absolute atomic E-state index is 5.48. The van der Waals surface area contributed by atoms with Gasteiger partial charge in [-0.2, -0.15) is 0 Å². The molecule has 2 heterocycles. The number of nitrogens with two attached hydrogens (primary N) is 1. The van der Waals surface area contributed by atoms with Gasteiger partial charge in [-0.15, -0.1) is 0 Å². The molecule has 0 atom stereocenters. The smallest absolute Gasteiger partial charge is 0.178 e. The Bertz CT molecular complexity index is 380. The van der Waals surface area contributed by atoms with Crippen LogP contribution in [0.2, 0.25) is 0 Å². The lowest BCUT2D eigenvalue weighted by molar-refractivity contribution is 1.14. The Hall–Kier alpha value is -1.49.